The summed E-state index contributed by atoms with van der Waals surface area (Å²) in [4.78, 5) is 35.5. The third-order valence-corrected chi connectivity index (χ3v) is 4.75. The summed E-state index contributed by atoms with van der Waals surface area (Å²) in [6.07, 6.45) is 4.09. The highest BCUT2D eigenvalue weighted by molar-refractivity contribution is 5.97. The maximum absolute atomic E-state index is 12.3. The Morgan fingerprint density at radius 2 is 1.67 bits per heavy atom. The number of hydrogen-bond donors (Lipinski definition) is 3. The van der Waals surface area contributed by atoms with Gasteiger partial charge in [0, 0.05) is 23.7 Å². The van der Waals surface area contributed by atoms with Gasteiger partial charge < -0.3 is 15.7 Å². The Hall–Kier alpha value is -3.15. The first kappa shape index (κ1) is 18.6. The van der Waals surface area contributed by atoms with Gasteiger partial charge in [0.05, 0.1) is 5.56 Å². The Morgan fingerprint density at radius 1 is 0.963 bits per heavy atom. The molecule has 0 radical (unpaired) electrons. The van der Waals surface area contributed by atoms with Gasteiger partial charge in [0.1, 0.15) is 0 Å². The van der Waals surface area contributed by atoms with Gasteiger partial charge in [0.15, 0.2) is 0 Å². The van der Waals surface area contributed by atoms with Crippen molar-refractivity contribution in [3.05, 3.63) is 65.2 Å². The molecule has 0 heterocycles. The lowest BCUT2D eigenvalue weighted by molar-refractivity contribution is -0.119. The normalized spacial score (nSPS) is 13.9. The lowest BCUT2D eigenvalue weighted by Crippen LogP contribution is -2.23. The molecule has 6 heteroatoms. The quantitative estimate of drug-likeness (QED) is 0.730. The number of hydrogen-bond acceptors (Lipinski definition) is 3. The molecule has 0 bridgehead atoms. The number of carbonyl (C=O) groups is 3. The molecule has 0 atom stereocenters. The lowest BCUT2D eigenvalue weighted by Gasteiger charge is -2.12. The Morgan fingerprint density at radius 3 is 2.41 bits per heavy atom. The number of amides is 2. The number of aromatic carboxylic acids is 1. The fourth-order valence-electron chi connectivity index (χ4n) is 3.27. The smallest absolute Gasteiger partial charge is 0.335 e. The van der Waals surface area contributed by atoms with Gasteiger partial charge in [-0.25, -0.2) is 4.79 Å². The maximum atomic E-state index is 12.3. The lowest BCUT2D eigenvalue weighted by atomic mass is 10.1. The fourth-order valence-corrected chi connectivity index (χ4v) is 3.27. The summed E-state index contributed by atoms with van der Waals surface area (Å²) in [6, 6.07) is 13.2. The first-order chi connectivity index (χ1) is 13.0. The minimum atomic E-state index is -1.07. The van der Waals surface area contributed by atoms with Crippen molar-refractivity contribution in [3.8, 4) is 0 Å². The van der Waals surface area contributed by atoms with Crippen LogP contribution in [0.3, 0.4) is 0 Å². The summed E-state index contributed by atoms with van der Waals surface area (Å²) in [5.41, 5.74) is 1.92. The molecule has 6 nitrogen and oxygen atoms in total. The highest BCUT2D eigenvalue weighted by Gasteiger charge is 2.22. The number of rotatable bonds is 6. The minimum Gasteiger partial charge on any atom is -0.478 e. The number of carbonyl (C=O) groups excluding carboxylic acids is 2. The van der Waals surface area contributed by atoms with E-state index in [4.69, 9.17) is 5.11 Å². The highest BCUT2D eigenvalue weighted by atomic mass is 16.4. The van der Waals surface area contributed by atoms with Crippen LogP contribution in [0.1, 0.15) is 52.0 Å². The van der Waals surface area contributed by atoms with Crippen LogP contribution in [-0.4, -0.2) is 22.9 Å². The van der Waals surface area contributed by atoms with Gasteiger partial charge in [-0.1, -0.05) is 31.0 Å². The Labute approximate surface area is 157 Å². The van der Waals surface area contributed by atoms with Gasteiger partial charge in [-0.15, -0.1) is 0 Å². The van der Waals surface area contributed by atoms with Crippen LogP contribution in [0.15, 0.2) is 48.5 Å². The van der Waals surface area contributed by atoms with E-state index in [0.29, 0.717) is 11.3 Å². The summed E-state index contributed by atoms with van der Waals surface area (Å²) < 4.78 is 0. The zero-order valence-corrected chi connectivity index (χ0v) is 14.9. The maximum Gasteiger partial charge on any atom is 0.335 e. The molecule has 3 rings (SSSR count). The zero-order valence-electron chi connectivity index (χ0n) is 14.9. The molecule has 3 N–H and O–H groups in total. The minimum absolute atomic E-state index is 0.0548. The molecule has 2 aromatic rings. The molecule has 0 aromatic heterocycles. The van der Waals surface area contributed by atoms with E-state index in [1.807, 2.05) is 24.3 Å². The van der Waals surface area contributed by atoms with Crippen LogP contribution in [0.25, 0.3) is 0 Å². The van der Waals surface area contributed by atoms with Crippen LogP contribution in [0.4, 0.5) is 5.69 Å². The fraction of sp³-hybridized carbons (Fsp3) is 0.286. The van der Waals surface area contributed by atoms with E-state index in [1.165, 1.54) is 18.2 Å². The topological polar surface area (TPSA) is 95.5 Å². The Balaban J connectivity index is 1.59. The first-order valence-electron chi connectivity index (χ1n) is 9.04. The Kier molecular flexibility index (Phi) is 5.86. The van der Waals surface area contributed by atoms with E-state index in [2.05, 4.69) is 10.6 Å². The van der Waals surface area contributed by atoms with Crippen molar-refractivity contribution >= 4 is 23.5 Å². The van der Waals surface area contributed by atoms with Crippen molar-refractivity contribution < 1.29 is 19.5 Å². The van der Waals surface area contributed by atoms with Crippen LogP contribution in [-0.2, 0) is 11.3 Å². The van der Waals surface area contributed by atoms with Crippen LogP contribution < -0.4 is 10.6 Å². The van der Waals surface area contributed by atoms with E-state index >= 15 is 0 Å². The van der Waals surface area contributed by atoms with Crippen molar-refractivity contribution in [1.82, 2.24) is 5.32 Å². The van der Waals surface area contributed by atoms with Crippen LogP contribution in [0, 0.1) is 5.92 Å². The summed E-state index contributed by atoms with van der Waals surface area (Å²) in [5.74, 6) is -1.28. The van der Waals surface area contributed by atoms with Gasteiger partial charge in [-0.05, 0) is 48.7 Å². The third kappa shape index (κ3) is 4.94. The molecule has 27 heavy (non-hydrogen) atoms. The monoisotopic (exact) mass is 366 g/mol. The van der Waals surface area contributed by atoms with Gasteiger partial charge in [-0.3, -0.25) is 9.59 Å². The Bertz CT molecular complexity index is 857. The first-order valence-corrected chi connectivity index (χ1v) is 9.04. The summed E-state index contributed by atoms with van der Waals surface area (Å²) in [7, 11) is 0. The second kappa shape index (κ2) is 8.49. The molecule has 1 aliphatic rings. The van der Waals surface area contributed by atoms with Gasteiger partial charge in [0.2, 0.25) is 5.91 Å². The zero-order chi connectivity index (χ0) is 19.2. The highest BCUT2D eigenvalue weighted by Crippen LogP contribution is 2.26. The molecule has 1 aliphatic carbocycles. The molecule has 1 saturated carbocycles. The average molecular weight is 366 g/mol. The number of nitrogens with one attached hydrogen (secondary N) is 2. The van der Waals surface area contributed by atoms with Crippen molar-refractivity contribution in [3.63, 3.8) is 0 Å². The second-order valence-corrected chi connectivity index (χ2v) is 6.74. The molecule has 0 saturated heterocycles. The van der Waals surface area contributed by atoms with E-state index in [-0.39, 0.29) is 29.8 Å². The molecular weight excluding hydrogens is 344 g/mol. The SMILES string of the molecule is O=C(O)c1cccc(C(=O)NCc2cccc(NC(=O)C3CCCC3)c2)c1. The number of anilines is 1. The van der Waals surface area contributed by atoms with Crippen LogP contribution >= 0.6 is 0 Å². The summed E-state index contributed by atoms with van der Waals surface area (Å²) in [5, 5.41) is 14.7. The molecule has 0 aliphatic heterocycles. The molecule has 140 valence electrons. The van der Waals surface area contributed by atoms with Crippen molar-refractivity contribution in [1.29, 1.82) is 0 Å². The predicted octanol–water partition coefficient (Wildman–Crippen LogP) is 3.44. The van der Waals surface area contributed by atoms with Gasteiger partial charge in [0.25, 0.3) is 5.91 Å². The van der Waals surface area contributed by atoms with E-state index in [1.54, 1.807) is 6.07 Å². The third-order valence-electron chi connectivity index (χ3n) is 4.75. The van der Waals surface area contributed by atoms with E-state index < -0.39 is 5.97 Å². The standard InChI is InChI=1S/C21H22N2O4/c24-19(16-8-4-9-17(12-16)21(26)27)22-13-14-5-3-10-18(11-14)23-20(25)15-6-1-2-7-15/h3-5,8-12,15H,1-2,6-7,13H2,(H,22,24)(H,23,25)(H,26,27). The van der Waals surface area contributed by atoms with Crippen molar-refractivity contribution in [2.75, 3.05) is 5.32 Å². The predicted molar refractivity (Wildman–Crippen MR) is 102 cm³/mol. The average Bonchev–Trinajstić information content (AvgIpc) is 3.21. The van der Waals surface area contributed by atoms with Crippen molar-refractivity contribution in [2.24, 2.45) is 5.92 Å². The van der Waals surface area contributed by atoms with E-state index in [0.717, 1.165) is 31.2 Å². The summed E-state index contributed by atoms with van der Waals surface area (Å²) >= 11 is 0. The number of benzene rings is 2. The van der Waals surface area contributed by atoms with Crippen LogP contribution in [0.2, 0.25) is 0 Å². The second-order valence-electron chi connectivity index (χ2n) is 6.74. The molecule has 2 amide bonds. The molecule has 1 fully saturated rings. The van der Waals surface area contributed by atoms with E-state index in [9.17, 15) is 14.4 Å². The largest absolute Gasteiger partial charge is 0.478 e. The molecular formula is C21H22N2O4. The molecule has 0 spiro atoms. The van der Waals surface area contributed by atoms with Gasteiger partial charge >= 0.3 is 5.97 Å². The van der Waals surface area contributed by atoms with Crippen LogP contribution in [0.5, 0.6) is 0 Å². The molecule has 2 aromatic carbocycles. The molecule has 0 unspecified atom stereocenters. The number of carboxylic acids is 1. The number of carboxylic acid groups (broad SMARTS) is 1. The summed E-state index contributed by atoms with van der Waals surface area (Å²) in [6.45, 7) is 0.281. The van der Waals surface area contributed by atoms with Gasteiger partial charge in [-0.2, -0.15) is 0 Å². The van der Waals surface area contributed by atoms with Crippen molar-refractivity contribution in [2.45, 2.75) is 32.2 Å².